The minimum atomic E-state index is -0.701. The summed E-state index contributed by atoms with van der Waals surface area (Å²) in [5.41, 5.74) is 0.567. The van der Waals surface area contributed by atoms with Crippen molar-refractivity contribution in [2.24, 2.45) is 0 Å². The summed E-state index contributed by atoms with van der Waals surface area (Å²) in [6.45, 7) is 2.45. The highest BCUT2D eigenvalue weighted by Gasteiger charge is 2.20. The summed E-state index contributed by atoms with van der Waals surface area (Å²) in [5.74, 6) is 0.876. The number of hydrogen-bond donors (Lipinski definition) is 1. The van der Waals surface area contributed by atoms with Crippen molar-refractivity contribution in [2.75, 3.05) is 7.11 Å². The van der Waals surface area contributed by atoms with Crippen molar-refractivity contribution in [3.8, 4) is 5.75 Å². The van der Waals surface area contributed by atoms with E-state index in [0.717, 1.165) is 25.0 Å². The maximum absolute atomic E-state index is 10.4. The van der Waals surface area contributed by atoms with E-state index in [2.05, 4.69) is 17.1 Å². The molecule has 0 radical (unpaired) electrons. The average Bonchev–Trinajstić information content (AvgIpc) is 2.91. The van der Waals surface area contributed by atoms with Crippen molar-refractivity contribution in [2.45, 2.75) is 38.3 Å². The quantitative estimate of drug-likeness (QED) is 0.844. The van der Waals surface area contributed by atoms with Gasteiger partial charge in [-0.2, -0.15) is 0 Å². The lowest BCUT2D eigenvalue weighted by Gasteiger charge is -2.23. The van der Waals surface area contributed by atoms with Crippen LogP contribution >= 0.6 is 0 Å². The van der Waals surface area contributed by atoms with Crippen LogP contribution in [0.2, 0.25) is 0 Å². The molecule has 1 N–H and O–H groups in total. The smallest absolute Gasteiger partial charge is 0.118 e. The Morgan fingerprint density at radius 3 is 2.65 bits per heavy atom. The van der Waals surface area contributed by atoms with Gasteiger partial charge in [-0.3, -0.25) is 0 Å². The molecule has 0 aliphatic heterocycles. The fraction of sp³-hybridized carbons (Fsp3) is 0.438. The highest BCUT2D eigenvalue weighted by atomic mass is 16.5. The second kappa shape index (κ2) is 6.57. The molecule has 0 bridgehead atoms. The molecule has 0 fully saturated rings. The molecular formula is C16H22N2O2. The molecule has 1 aromatic carbocycles. The minimum absolute atomic E-state index is 0.579. The zero-order valence-electron chi connectivity index (χ0n) is 12.1. The number of ether oxygens (including phenoxy) is 1. The maximum Gasteiger partial charge on any atom is 0.118 e. The Morgan fingerprint density at radius 1 is 1.30 bits per heavy atom. The first-order valence-electron chi connectivity index (χ1n) is 6.90. The van der Waals surface area contributed by atoms with E-state index in [9.17, 15) is 5.11 Å². The van der Waals surface area contributed by atoms with E-state index < -0.39 is 5.60 Å². The van der Waals surface area contributed by atoms with Gasteiger partial charge in [0.1, 0.15) is 5.75 Å². The van der Waals surface area contributed by atoms with Crippen molar-refractivity contribution >= 4 is 0 Å². The molecule has 1 atom stereocenters. The van der Waals surface area contributed by atoms with Crippen LogP contribution in [0.5, 0.6) is 5.75 Å². The van der Waals surface area contributed by atoms with E-state index in [4.69, 9.17) is 4.74 Å². The van der Waals surface area contributed by atoms with Crippen molar-refractivity contribution in [3.63, 3.8) is 0 Å². The molecule has 0 amide bonds. The van der Waals surface area contributed by atoms with Gasteiger partial charge in [-0.25, -0.2) is 4.98 Å². The van der Waals surface area contributed by atoms with Gasteiger partial charge in [0, 0.05) is 12.4 Å². The lowest BCUT2D eigenvalue weighted by molar-refractivity contribution is 0.0312. The Morgan fingerprint density at radius 2 is 2.05 bits per heavy atom. The van der Waals surface area contributed by atoms with E-state index in [1.165, 1.54) is 5.56 Å². The summed E-state index contributed by atoms with van der Waals surface area (Å²) in [7, 11) is 1.67. The number of aryl methyl sites for hydroxylation is 1. The van der Waals surface area contributed by atoms with E-state index >= 15 is 0 Å². The van der Waals surface area contributed by atoms with Gasteiger partial charge in [0.25, 0.3) is 0 Å². The number of imidazole rings is 1. The topological polar surface area (TPSA) is 47.3 Å². The monoisotopic (exact) mass is 274 g/mol. The molecule has 4 heteroatoms. The van der Waals surface area contributed by atoms with Crippen LogP contribution in [0.15, 0.2) is 43.0 Å². The zero-order valence-corrected chi connectivity index (χ0v) is 12.1. The van der Waals surface area contributed by atoms with Gasteiger partial charge in [-0.05, 0) is 43.9 Å². The average molecular weight is 274 g/mol. The summed E-state index contributed by atoms with van der Waals surface area (Å²) >= 11 is 0. The number of aliphatic hydroxyl groups is 1. The molecule has 2 aromatic rings. The molecule has 0 aliphatic rings. The fourth-order valence-corrected chi connectivity index (χ4v) is 2.32. The Hall–Kier alpha value is -1.81. The molecule has 0 spiro atoms. The molecule has 2 rings (SSSR count). The van der Waals surface area contributed by atoms with Crippen LogP contribution in [-0.2, 0) is 13.0 Å². The minimum Gasteiger partial charge on any atom is -0.497 e. The first-order valence-corrected chi connectivity index (χ1v) is 6.90. The molecule has 1 unspecified atom stereocenters. The van der Waals surface area contributed by atoms with Crippen LogP contribution in [0.25, 0.3) is 0 Å². The van der Waals surface area contributed by atoms with Crippen molar-refractivity contribution in [3.05, 3.63) is 48.5 Å². The van der Waals surface area contributed by atoms with Crippen LogP contribution in [0.4, 0.5) is 0 Å². The van der Waals surface area contributed by atoms with E-state index in [-0.39, 0.29) is 0 Å². The van der Waals surface area contributed by atoms with Crippen LogP contribution in [0.1, 0.15) is 25.3 Å². The highest BCUT2D eigenvalue weighted by molar-refractivity contribution is 5.27. The lowest BCUT2D eigenvalue weighted by Crippen LogP contribution is -2.30. The van der Waals surface area contributed by atoms with Gasteiger partial charge >= 0.3 is 0 Å². The Labute approximate surface area is 120 Å². The van der Waals surface area contributed by atoms with Gasteiger partial charge < -0.3 is 14.4 Å². The number of nitrogens with zero attached hydrogens (tertiary/aromatic N) is 2. The van der Waals surface area contributed by atoms with Crippen LogP contribution < -0.4 is 4.74 Å². The number of hydrogen-bond acceptors (Lipinski definition) is 3. The van der Waals surface area contributed by atoms with Gasteiger partial charge in [0.05, 0.1) is 25.6 Å². The third kappa shape index (κ3) is 4.38. The third-order valence-electron chi connectivity index (χ3n) is 3.42. The first kappa shape index (κ1) is 14.6. The second-order valence-electron chi connectivity index (χ2n) is 5.43. The van der Waals surface area contributed by atoms with Gasteiger partial charge in [-0.15, -0.1) is 0 Å². The molecule has 0 aliphatic carbocycles. The predicted octanol–water partition coefficient (Wildman–Crippen LogP) is 2.67. The molecule has 0 saturated carbocycles. The largest absolute Gasteiger partial charge is 0.497 e. The van der Waals surface area contributed by atoms with Crippen LogP contribution in [0.3, 0.4) is 0 Å². The summed E-state index contributed by atoms with van der Waals surface area (Å²) in [6, 6.07) is 8.09. The molecular weight excluding hydrogens is 252 g/mol. The van der Waals surface area contributed by atoms with Gasteiger partial charge in [0.2, 0.25) is 0 Å². The van der Waals surface area contributed by atoms with Crippen molar-refractivity contribution < 1.29 is 9.84 Å². The summed E-state index contributed by atoms with van der Waals surface area (Å²) < 4.78 is 7.05. The molecule has 4 nitrogen and oxygen atoms in total. The Balaban J connectivity index is 1.79. The summed E-state index contributed by atoms with van der Waals surface area (Å²) in [4.78, 5) is 3.99. The second-order valence-corrected chi connectivity index (χ2v) is 5.43. The predicted molar refractivity (Wildman–Crippen MR) is 78.8 cm³/mol. The van der Waals surface area contributed by atoms with Crippen LogP contribution in [-0.4, -0.2) is 27.4 Å². The fourth-order valence-electron chi connectivity index (χ4n) is 2.32. The SMILES string of the molecule is COc1ccc(CCCC(C)(O)Cn2ccnc2)cc1. The lowest BCUT2D eigenvalue weighted by atomic mass is 9.97. The maximum atomic E-state index is 10.4. The number of methoxy groups -OCH3 is 1. The van der Waals surface area contributed by atoms with Gasteiger partial charge in [0.15, 0.2) is 0 Å². The van der Waals surface area contributed by atoms with E-state index in [0.29, 0.717) is 6.54 Å². The van der Waals surface area contributed by atoms with Crippen molar-refractivity contribution in [1.82, 2.24) is 9.55 Å². The Kier molecular flexibility index (Phi) is 4.79. The first-order chi connectivity index (χ1) is 9.59. The third-order valence-corrected chi connectivity index (χ3v) is 3.42. The van der Waals surface area contributed by atoms with Crippen molar-refractivity contribution in [1.29, 1.82) is 0 Å². The molecule has 108 valence electrons. The Bertz CT molecular complexity index is 504. The molecule has 20 heavy (non-hydrogen) atoms. The van der Waals surface area contributed by atoms with Gasteiger partial charge in [-0.1, -0.05) is 12.1 Å². The molecule has 1 aromatic heterocycles. The summed E-state index contributed by atoms with van der Waals surface area (Å²) in [6.07, 6.45) is 8.01. The highest BCUT2D eigenvalue weighted by Crippen LogP contribution is 2.18. The van der Waals surface area contributed by atoms with Crippen LogP contribution in [0, 0.1) is 0 Å². The molecule has 0 saturated heterocycles. The molecule has 1 heterocycles. The number of rotatable bonds is 7. The normalized spacial score (nSPS) is 13.9. The van der Waals surface area contributed by atoms with E-state index in [1.807, 2.05) is 29.8 Å². The zero-order chi connectivity index (χ0) is 14.4. The summed E-state index contributed by atoms with van der Waals surface area (Å²) in [5, 5.41) is 10.4. The number of benzene rings is 1. The van der Waals surface area contributed by atoms with E-state index in [1.54, 1.807) is 19.6 Å². The number of aromatic nitrogens is 2. The standard InChI is InChI=1S/C16H22N2O2/c1-16(19,12-18-11-10-17-13-18)9-3-4-14-5-7-15(20-2)8-6-14/h5-8,10-11,13,19H,3-4,9,12H2,1-2H3.